The molecule has 0 bridgehead atoms. The summed E-state index contributed by atoms with van der Waals surface area (Å²) >= 11 is 0. The Hall–Kier alpha value is -2.34. The van der Waals surface area contributed by atoms with Crippen molar-refractivity contribution >= 4 is 5.91 Å². The van der Waals surface area contributed by atoms with Crippen LogP contribution in [0.5, 0.6) is 5.75 Å². The fraction of sp³-hybridized carbons (Fsp3) is 0.444. The summed E-state index contributed by atoms with van der Waals surface area (Å²) in [6.45, 7) is 7.19. The molecule has 2 unspecified atom stereocenters. The standard InChI is InChI=1S/C18H25N3O3/c1-12(11-21-14(3)8-13(2)20-21)10-19-18(23)17(22)15-6-5-7-16(9-15)24-4/h5-9,12,17,22H,10-11H2,1-4H3,(H,19,23). The van der Waals surface area contributed by atoms with Gasteiger partial charge in [-0.15, -0.1) is 0 Å². The van der Waals surface area contributed by atoms with Gasteiger partial charge in [0, 0.05) is 18.8 Å². The van der Waals surface area contributed by atoms with Gasteiger partial charge >= 0.3 is 0 Å². The van der Waals surface area contributed by atoms with Crippen molar-refractivity contribution in [3.8, 4) is 5.75 Å². The number of benzene rings is 1. The van der Waals surface area contributed by atoms with Gasteiger partial charge in [-0.25, -0.2) is 0 Å². The van der Waals surface area contributed by atoms with Gasteiger partial charge in [0.05, 0.1) is 12.8 Å². The third-order valence-corrected chi connectivity index (χ3v) is 3.87. The lowest BCUT2D eigenvalue weighted by molar-refractivity contribution is -0.129. The van der Waals surface area contributed by atoms with Crippen molar-refractivity contribution in [2.45, 2.75) is 33.4 Å². The van der Waals surface area contributed by atoms with E-state index in [4.69, 9.17) is 4.74 Å². The minimum absolute atomic E-state index is 0.199. The van der Waals surface area contributed by atoms with Crippen molar-refractivity contribution in [3.05, 3.63) is 47.3 Å². The average Bonchev–Trinajstić information content (AvgIpc) is 2.89. The molecule has 2 aromatic rings. The number of ether oxygens (including phenoxy) is 1. The van der Waals surface area contributed by atoms with Gasteiger partial charge in [0.1, 0.15) is 5.75 Å². The monoisotopic (exact) mass is 331 g/mol. The number of hydrogen-bond donors (Lipinski definition) is 2. The summed E-state index contributed by atoms with van der Waals surface area (Å²) in [5.41, 5.74) is 2.59. The van der Waals surface area contributed by atoms with Crippen LogP contribution in [0, 0.1) is 19.8 Å². The topological polar surface area (TPSA) is 76.4 Å². The largest absolute Gasteiger partial charge is 0.497 e. The molecular formula is C18H25N3O3. The molecule has 2 rings (SSSR count). The molecule has 1 aromatic carbocycles. The predicted octanol–water partition coefficient (Wildman–Crippen LogP) is 1.99. The van der Waals surface area contributed by atoms with Gasteiger partial charge in [-0.1, -0.05) is 19.1 Å². The molecule has 130 valence electrons. The average molecular weight is 331 g/mol. The number of aryl methyl sites for hydroxylation is 2. The van der Waals surface area contributed by atoms with Crippen LogP contribution in [0.25, 0.3) is 0 Å². The van der Waals surface area contributed by atoms with Gasteiger partial charge in [0.2, 0.25) is 0 Å². The molecule has 0 radical (unpaired) electrons. The maximum absolute atomic E-state index is 12.1. The van der Waals surface area contributed by atoms with Gasteiger partial charge in [-0.3, -0.25) is 9.48 Å². The van der Waals surface area contributed by atoms with Crippen LogP contribution in [0.1, 0.15) is 30.0 Å². The number of carbonyl (C=O) groups excluding carboxylic acids is 1. The number of aliphatic hydroxyl groups excluding tert-OH is 1. The van der Waals surface area contributed by atoms with Crippen LogP contribution in [0.3, 0.4) is 0 Å². The SMILES string of the molecule is COc1cccc(C(O)C(=O)NCC(C)Cn2nc(C)cc2C)c1. The molecule has 6 nitrogen and oxygen atoms in total. The summed E-state index contributed by atoms with van der Waals surface area (Å²) < 4.78 is 7.05. The van der Waals surface area contributed by atoms with Gasteiger partial charge in [-0.2, -0.15) is 5.10 Å². The summed E-state index contributed by atoms with van der Waals surface area (Å²) in [6.07, 6.45) is -1.21. The highest BCUT2D eigenvalue weighted by atomic mass is 16.5. The van der Waals surface area contributed by atoms with Crippen LogP contribution >= 0.6 is 0 Å². The molecule has 2 N–H and O–H groups in total. The molecule has 24 heavy (non-hydrogen) atoms. The number of aromatic nitrogens is 2. The molecule has 0 spiro atoms. The molecule has 0 aliphatic rings. The lowest BCUT2D eigenvalue weighted by Crippen LogP contribution is -2.34. The van der Waals surface area contributed by atoms with Crippen molar-refractivity contribution < 1.29 is 14.6 Å². The fourth-order valence-corrected chi connectivity index (χ4v) is 2.55. The van der Waals surface area contributed by atoms with Gasteiger partial charge < -0.3 is 15.2 Å². The quantitative estimate of drug-likeness (QED) is 0.813. The van der Waals surface area contributed by atoms with Crippen LogP contribution < -0.4 is 10.1 Å². The van der Waals surface area contributed by atoms with Crippen molar-refractivity contribution in [2.24, 2.45) is 5.92 Å². The van der Waals surface area contributed by atoms with E-state index in [1.165, 1.54) is 0 Å². The first kappa shape index (κ1) is 18.0. The lowest BCUT2D eigenvalue weighted by atomic mass is 10.1. The molecule has 0 saturated carbocycles. The number of amides is 1. The Morgan fingerprint density at radius 1 is 1.38 bits per heavy atom. The second kappa shape index (κ2) is 7.97. The van der Waals surface area contributed by atoms with Gasteiger partial charge in [-0.05, 0) is 43.5 Å². The Morgan fingerprint density at radius 2 is 2.12 bits per heavy atom. The Morgan fingerprint density at radius 3 is 2.75 bits per heavy atom. The zero-order chi connectivity index (χ0) is 17.7. The normalized spacial score (nSPS) is 13.4. The molecule has 0 aliphatic carbocycles. The third-order valence-electron chi connectivity index (χ3n) is 3.87. The van der Waals surface area contributed by atoms with E-state index in [0.717, 1.165) is 17.9 Å². The van der Waals surface area contributed by atoms with Crippen LogP contribution in [-0.4, -0.2) is 34.4 Å². The first-order valence-corrected chi connectivity index (χ1v) is 8.01. The summed E-state index contributed by atoms with van der Waals surface area (Å²) in [4.78, 5) is 12.1. The highest BCUT2D eigenvalue weighted by Crippen LogP contribution is 2.19. The smallest absolute Gasteiger partial charge is 0.253 e. The van der Waals surface area contributed by atoms with E-state index in [0.29, 0.717) is 17.9 Å². The summed E-state index contributed by atoms with van der Waals surface area (Å²) in [5.74, 6) is 0.394. The maximum Gasteiger partial charge on any atom is 0.253 e. The zero-order valence-corrected chi connectivity index (χ0v) is 14.6. The number of aliphatic hydroxyl groups is 1. The molecule has 0 aliphatic heterocycles. The number of hydrogen-bond acceptors (Lipinski definition) is 4. The van der Waals surface area contributed by atoms with E-state index in [2.05, 4.69) is 10.4 Å². The van der Waals surface area contributed by atoms with E-state index in [-0.39, 0.29) is 5.92 Å². The van der Waals surface area contributed by atoms with E-state index < -0.39 is 12.0 Å². The van der Waals surface area contributed by atoms with Crippen molar-refractivity contribution in [2.75, 3.05) is 13.7 Å². The second-order valence-corrected chi connectivity index (χ2v) is 6.14. The molecule has 2 atom stereocenters. The third kappa shape index (κ3) is 4.58. The first-order valence-electron chi connectivity index (χ1n) is 8.01. The van der Waals surface area contributed by atoms with Crippen molar-refractivity contribution in [1.82, 2.24) is 15.1 Å². The Kier molecular flexibility index (Phi) is 5.98. The minimum atomic E-state index is -1.21. The zero-order valence-electron chi connectivity index (χ0n) is 14.6. The molecule has 1 aromatic heterocycles. The Bertz CT molecular complexity index is 697. The van der Waals surface area contributed by atoms with E-state index >= 15 is 0 Å². The second-order valence-electron chi connectivity index (χ2n) is 6.14. The molecule has 1 heterocycles. The summed E-state index contributed by atoms with van der Waals surface area (Å²) in [7, 11) is 1.55. The van der Waals surface area contributed by atoms with Crippen LogP contribution in [0.4, 0.5) is 0 Å². The molecule has 1 amide bonds. The van der Waals surface area contributed by atoms with Gasteiger partial charge in [0.25, 0.3) is 5.91 Å². The fourth-order valence-electron chi connectivity index (χ4n) is 2.55. The Labute approximate surface area is 142 Å². The van der Waals surface area contributed by atoms with Crippen molar-refractivity contribution in [3.63, 3.8) is 0 Å². The molecule has 6 heteroatoms. The van der Waals surface area contributed by atoms with E-state index in [1.54, 1.807) is 31.4 Å². The highest BCUT2D eigenvalue weighted by molar-refractivity contribution is 5.82. The molecule has 0 saturated heterocycles. The maximum atomic E-state index is 12.1. The lowest BCUT2D eigenvalue weighted by Gasteiger charge is -2.16. The van der Waals surface area contributed by atoms with Crippen molar-refractivity contribution in [1.29, 1.82) is 0 Å². The van der Waals surface area contributed by atoms with Gasteiger partial charge in [0.15, 0.2) is 6.10 Å². The number of methoxy groups -OCH3 is 1. The first-order chi connectivity index (χ1) is 11.4. The Balaban J connectivity index is 1.88. The molecular weight excluding hydrogens is 306 g/mol. The summed E-state index contributed by atoms with van der Waals surface area (Å²) in [5, 5.41) is 17.4. The van der Waals surface area contributed by atoms with E-state index in [1.807, 2.05) is 31.5 Å². The number of rotatable bonds is 7. The van der Waals surface area contributed by atoms with E-state index in [9.17, 15) is 9.90 Å². The van der Waals surface area contributed by atoms with Crippen LogP contribution in [0.2, 0.25) is 0 Å². The highest BCUT2D eigenvalue weighted by Gasteiger charge is 2.18. The van der Waals surface area contributed by atoms with Crippen LogP contribution in [0.15, 0.2) is 30.3 Å². The number of nitrogens with zero attached hydrogens (tertiary/aromatic N) is 2. The minimum Gasteiger partial charge on any atom is -0.497 e. The van der Waals surface area contributed by atoms with Crippen LogP contribution in [-0.2, 0) is 11.3 Å². The predicted molar refractivity (Wildman–Crippen MR) is 91.8 cm³/mol. The number of nitrogens with one attached hydrogen (secondary N) is 1. The molecule has 0 fully saturated rings. The number of carbonyl (C=O) groups is 1. The summed E-state index contributed by atoms with van der Waals surface area (Å²) in [6, 6.07) is 8.90.